The number of aryl methyl sites for hydroxylation is 1. The molecule has 2 aromatic heterocycles. The molecule has 1 saturated carbocycles. The summed E-state index contributed by atoms with van der Waals surface area (Å²) in [6.07, 6.45) is 2.51. The van der Waals surface area contributed by atoms with Crippen LogP contribution in [0.4, 0.5) is 11.5 Å². The first-order chi connectivity index (χ1) is 9.58. The second kappa shape index (κ2) is 5.13. The van der Waals surface area contributed by atoms with Crippen molar-refractivity contribution >= 4 is 22.8 Å². The Bertz CT molecular complexity index is 581. The van der Waals surface area contributed by atoms with E-state index in [4.69, 9.17) is 5.73 Å². The van der Waals surface area contributed by atoms with Crippen molar-refractivity contribution in [3.63, 3.8) is 0 Å². The van der Waals surface area contributed by atoms with E-state index in [1.54, 1.807) is 11.3 Å². The fraction of sp³-hybridized carbons (Fsp3) is 0.533. The Morgan fingerprint density at radius 1 is 1.50 bits per heavy atom. The van der Waals surface area contributed by atoms with Crippen LogP contribution in [0.25, 0.3) is 0 Å². The molecule has 0 amide bonds. The first-order valence-corrected chi connectivity index (χ1v) is 8.12. The molecular formula is C15H22N4S. The lowest BCUT2D eigenvalue weighted by Gasteiger charge is -2.24. The van der Waals surface area contributed by atoms with Gasteiger partial charge >= 0.3 is 0 Å². The average molecular weight is 290 g/mol. The van der Waals surface area contributed by atoms with Crippen molar-refractivity contribution < 1.29 is 0 Å². The molecule has 0 unspecified atom stereocenters. The SMILES string of the molecule is CC(C)c1nn(C)c(N(Cc2ccsc2)C2CC2)c1N. The molecule has 0 saturated heterocycles. The van der Waals surface area contributed by atoms with Gasteiger partial charge in [0.1, 0.15) is 0 Å². The van der Waals surface area contributed by atoms with Crippen molar-refractivity contribution in [2.24, 2.45) is 7.05 Å². The lowest BCUT2D eigenvalue weighted by Crippen LogP contribution is -2.27. The fourth-order valence-electron chi connectivity index (χ4n) is 2.66. The molecule has 1 fully saturated rings. The number of nitrogens with two attached hydrogens (primary N) is 1. The van der Waals surface area contributed by atoms with E-state index < -0.39 is 0 Å². The quantitative estimate of drug-likeness (QED) is 0.918. The van der Waals surface area contributed by atoms with E-state index in [2.05, 4.69) is 40.7 Å². The number of nitrogen functional groups attached to an aromatic ring is 1. The zero-order valence-electron chi connectivity index (χ0n) is 12.3. The molecule has 108 valence electrons. The van der Waals surface area contributed by atoms with E-state index >= 15 is 0 Å². The third-order valence-electron chi connectivity index (χ3n) is 3.82. The van der Waals surface area contributed by atoms with Crippen molar-refractivity contribution in [1.82, 2.24) is 9.78 Å². The first-order valence-electron chi connectivity index (χ1n) is 7.18. The van der Waals surface area contributed by atoms with E-state index in [9.17, 15) is 0 Å². The summed E-state index contributed by atoms with van der Waals surface area (Å²) in [6, 6.07) is 2.81. The highest BCUT2D eigenvalue weighted by Gasteiger charge is 2.33. The van der Waals surface area contributed by atoms with Crippen LogP contribution < -0.4 is 10.6 Å². The number of thiophene rings is 1. The van der Waals surface area contributed by atoms with Crippen LogP contribution in [0.2, 0.25) is 0 Å². The van der Waals surface area contributed by atoms with Gasteiger partial charge in [0, 0.05) is 19.6 Å². The van der Waals surface area contributed by atoms with Crippen LogP contribution in [0.5, 0.6) is 0 Å². The van der Waals surface area contributed by atoms with Gasteiger partial charge in [0.15, 0.2) is 5.82 Å². The molecule has 0 bridgehead atoms. The van der Waals surface area contributed by atoms with Crippen molar-refractivity contribution in [1.29, 1.82) is 0 Å². The smallest absolute Gasteiger partial charge is 0.150 e. The van der Waals surface area contributed by atoms with Crippen molar-refractivity contribution in [2.45, 2.75) is 45.2 Å². The first kappa shape index (κ1) is 13.5. The Morgan fingerprint density at radius 3 is 2.75 bits per heavy atom. The highest BCUT2D eigenvalue weighted by atomic mass is 32.1. The zero-order valence-corrected chi connectivity index (χ0v) is 13.2. The van der Waals surface area contributed by atoms with E-state index in [1.165, 1.54) is 18.4 Å². The minimum absolute atomic E-state index is 0.358. The van der Waals surface area contributed by atoms with Crippen molar-refractivity contribution in [3.8, 4) is 0 Å². The molecule has 4 nitrogen and oxygen atoms in total. The van der Waals surface area contributed by atoms with Gasteiger partial charge in [-0.25, -0.2) is 0 Å². The van der Waals surface area contributed by atoms with Crippen LogP contribution in [0, 0.1) is 0 Å². The zero-order chi connectivity index (χ0) is 14.3. The predicted octanol–water partition coefficient (Wildman–Crippen LogP) is 3.36. The molecule has 1 aliphatic carbocycles. The van der Waals surface area contributed by atoms with E-state index in [0.29, 0.717) is 12.0 Å². The monoisotopic (exact) mass is 290 g/mol. The molecule has 0 radical (unpaired) electrons. The van der Waals surface area contributed by atoms with E-state index in [-0.39, 0.29) is 0 Å². The number of hydrogen-bond acceptors (Lipinski definition) is 4. The molecular weight excluding hydrogens is 268 g/mol. The molecule has 3 rings (SSSR count). The average Bonchev–Trinajstić information content (AvgIpc) is 3.03. The summed E-state index contributed by atoms with van der Waals surface area (Å²) in [5, 5.41) is 8.97. The third-order valence-corrected chi connectivity index (χ3v) is 4.55. The number of anilines is 2. The fourth-order valence-corrected chi connectivity index (χ4v) is 3.32. The van der Waals surface area contributed by atoms with Gasteiger partial charge in [-0.05, 0) is 41.1 Å². The molecule has 5 heteroatoms. The number of hydrogen-bond donors (Lipinski definition) is 1. The van der Waals surface area contributed by atoms with Gasteiger partial charge in [-0.2, -0.15) is 16.4 Å². The molecule has 20 heavy (non-hydrogen) atoms. The summed E-state index contributed by atoms with van der Waals surface area (Å²) >= 11 is 1.75. The lowest BCUT2D eigenvalue weighted by molar-refractivity contribution is 0.677. The Hall–Kier alpha value is -1.49. The lowest BCUT2D eigenvalue weighted by atomic mass is 10.1. The van der Waals surface area contributed by atoms with Crippen LogP contribution >= 0.6 is 11.3 Å². The second-order valence-electron chi connectivity index (χ2n) is 5.89. The number of rotatable bonds is 5. The van der Waals surface area contributed by atoms with Crippen molar-refractivity contribution in [3.05, 3.63) is 28.1 Å². The van der Waals surface area contributed by atoms with E-state index in [1.807, 2.05) is 11.7 Å². The highest BCUT2D eigenvalue weighted by Crippen LogP contribution is 2.38. The van der Waals surface area contributed by atoms with Crippen molar-refractivity contribution in [2.75, 3.05) is 10.6 Å². The van der Waals surface area contributed by atoms with Gasteiger partial charge in [-0.15, -0.1) is 0 Å². The van der Waals surface area contributed by atoms with E-state index in [0.717, 1.165) is 23.7 Å². The molecule has 2 heterocycles. The topological polar surface area (TPSA) is 47.1 Å². The Balaban J connectivity index is 1.95. The molecule has 0 spiro atoms. The minimum atomic E-state index is 0.358. The number of aromatic nitrogens is 2. The molecule has 2 N–H and O–H groups in total. The number of nitrogens with zero attached hydrogens (tertiary/aromatic N) is 3. The van der Waals surface area contributed by atoms with Crippen LogP contribution in [0.1, 0.15) is 43.9 Å². The summed E-state index contributed by atoms with van der Waals surface area (Å²) in [6.45, 7) is 5.21. The summed E-state index contributed by atoms with van der Waals surface area (Å²) < 4.78 is 1.95. The normalized spacial score (nSPS) is 15.0. The second-order valence-corrected chi connectivity index (χ2v) is 6.67. The Kier molecular flexibility index (Phi) is 3.46. The van der Waals surface area contributed by atoms with Crippen LogP contribution in [-0.2, 0) is 13.6 Å². The molecule has 2 aromatic rings. The van der Waals surface area contributed by atoms with Crippen LogP contribution in [0.3, 0.4) is 0 Å². The maximum Gasteiger partial charge on any atom is 0.150 e. The molecule has 0 aromatic carbocycles. The van der Waals surface area contributed by atoms with Gasteiger partial charge in [0.2, 0.25) is 0 Å². The summed E-state index contributed by atoms with van der Waals surface area (Å²) in [4.78, 5) is 2.43. The Labute approximate surface area is 124 Å². The summed E-state index contributed by atoms with van der Waals surface area (Å²) in [5.41, 5.74) is 9.60. The highest BCUT2D eigenvalue weighted by molar-refractivity contribution is 7.07. The largest absolute Gasteiger partial charge is 0.394 e. The standard InChI is InChI=1S/C15H22N4S/c1-10(2)14-13(16)15(18(3)17-14)19(12-4-5-12)8-11-6-7-20-9-11/h6-7,9-10,12H,4-5,8,16H2,1-3H3. The molecule has 0 atom stereocenters. The molecule has 0 aliphatic heterocycles. The summed E-state index contributed by atoms with van der Waals surface area (Å²) in [7, 11) is 2.00. The van der Waals surface area contributed by atoms with Gasteiger partial charge in [0.05, 0.1) is 11.4 Å². The molecule has 1 aliphatic rings. The Morgan fingerprint density at radius 2 is 2.25 bits per heavy atom. The van der Waals surface area contributed by atoms with Gasteiger partial charge in [0.25, 0.3) is 0 Å². The van der Waals surface area contributed by atoms with Crippen LogP contribution in [-0.4, -0.2) is 15.8 Å². The van der Waals surface area contributed by atoms with Crippen LogP contribution in [0.15, 0.2) is 16.8 Å². The van der Waals surface area contributed by atoms with Gasteiger partial charge in [-0.1, -0.05) is 13.8 Å². The maximum absolute atomic E-state index is 6.38. The maximum atomic E-state index is 6.38. The van der Waals surface area contributed by atoms with Gasteiger partial charge < -0.3 is 10.6 Å². The third kappa shape index (κ3) is 2.42. The summed E-state index contributed by atoms with van der Waals surface area (Å²) in [5.74, 6) is 1.44. The minimum Gasteiger partial charge on any atom is -0.394 e. The predicted molar refractivity (Wildman–Crippen MR) is 85.2 cm³/mol. The van der Waals surface area contributed by atoms with Gasteiger partial charge in [-0.3, -0.25) is 4.68 Å².